The molecule has 72 valence electrons. The molecule has 0 aromatic carbocycles. The molecule has 1 aliphatic rings. The van der Waals surface area contributed by atoms with E-state index in [9.17, 15) is 0 Å². The topological polar surface area (TPSA) is 47.3 Å². The van der Waals surface area contributed by atoms with Crippen LogP contribution in [0.1, 0.15) is 32.6 Å². The van der Waals surface area contributed by atoms with Gasteiger partial charge in [0.15, 0.2) is 0 Å². The molecule has 0 bridgehead atoms. The fraction of sp³-hybridized carbons (Fsp3) is 1.00. The van der Waals surface area contributed by atoms with Gasteiger partial charge in [0.2, 0.25) is 0 Å². The monoisotopic (exact) mass is 172 g/mol. The van der Waals surface area contributed by atoms with Crippen LogP contribution in [0.15, 0.2) is 0 Å². The third kappa shape index (κ3) is 2.73. The molecule has 0 spiro atoms. The minimum atomic E-state index is 0.477. The molecule has 3 nitrogen and oxygen atoms in total. The molecule has 3 N–H and O–H groups in total. The maximum atomic E-state index is 5.46. The van der Waals surface area contributed by atoms with E-state index < -0.39 is 0 Å². The molecule has 12 heavy (non-hydrogen) atoms. The first-order valence-electron chi connectivity index (χ1n) is 4.92. The summed E-state index contributed by atoms with van der Waals surface area (Å²) in [5.41, 5.74) is 2.88. The van der Waals surface area contributed by atoms with E-state index in [1.165, 1.54) is 19.3 Å². The summed E-state index contributed by atoms with van der Waals surface area (Å²) in [5, 5.41) is 0. The Morgan fingerprint density at radius 3 is 2.75 bits per heavy atom. The van der Waals surface area contributed by atoms with Crippen molar-refractivity contribution < 1.29 is 4.74 Å². The van der Waals surface area contributed by atoms with E-state index in [0.717, 1.165) is 25.6 Å². The van der Waals surface area contributed by atoms with Gasteiger partial charge in [-0.2, -0.15) is 0 Å². The third-order valence-corrected chi connectivity index (χ3v) is 2.71. The summed E-state index contributed by atoms with van der Waals surface area (Å²) in [6.45, 7) is 3.66. The van der Waals surface area contributed by atoms with Gasteiger partial charge in [0.1, 0.15) is 0 Å². The second-order valence-electron chi connectivity index (χ2n) is 3.45. The molecule has 0 amide bonds. The quantitative estimate of drug-likeness (QED) is 0.357. The highest BCUT2D eigenvalue weighted by Crippen LogP contribution is 2.30. The average molecular weight is 172 g/mol. The Balaban J connectivity index is 2.07. The van der Waals surface area contributed by atoms with E-state index in [0.29, 0.717) is 6.04 Å². The van der Waals surface area contributed by atoms with Crippen molar-refractivity contribution in [2.24, 2.45) is 11.8 Å². The van der Waals surface area contributed by atoms with Crippen LogP contribution in [0, 0.1) is 5.92 Å². The van der Waals surface area contributed by atoms with Crippen LogP contribution in [0.2, 0.25) is 0 Å². The standard InChI is InChI=1S/C9H20N2O/c1-2-12-7-6-9(11-10)8-4-3-5-8/h8-9,11H,2-7,10H2,1H3. The second-order valence-corrected chi connectivity index (χ2v) is 3.45. The smallest absolute Gasteiger partial charge is 0.0481 e. The lowest BCUT2D eigenvalue weighted by Crippen LogP contribution is -2.44. The Kier molecular flexibility index (Phi) is 4.58. The largest absolute Gasteiger partial charge is 0.382 e. The third-order valence-electron chi connectivity index (χ3n) is 2.71. The number of nitrogens with one attached hydrogen (secondary N) is 1. The number of rotatable bonds is 6. The van der Waals surface area contributed by atoms with E-state index >= 15 is 0 Å². The van der Waals surface area contributed by atoms with Crippen molar-refractivity contribution in [3.8, 4) is 0 Å². The lowest BCUT2D eigenvalue weighted by molar-refractivity contribution is 0.116. The second kappa shape index (κ2) is 5.51. The molecule has 1 saturated carbocycles. The minimum Gasteiger partial charge on any atom is -0.382 e. The Hall–Kier alpha value is -0.120. The number of nitrogens with two attached hydrogens (primary N) is 1. The summed E-state index contributed by atoms with van der Waals surface area (Å²) in [6.07, 6.45) is 5.09. The zero-order valence-electron chi connectivity index (χ0n) is 7.88. The normalized spacial score (nSPS) is 20.5. The summed E-state index contributed by atoms with van der Waals surface area (Å²) in [6, 6.07) is 0.477. The van der Waals surface area contributed by atoms with Gasteiger partial charge in [0.05, 0.1) is 0 Å². The van der Waals surface area contributed by atoms with Gasteiger partial charge in [-0.1, -0.05) is 6.42 Å². The Morgan fingerprint density at radius 1 is 1.58 bits per heavy atom. The van der Waals surface area contributed by atoms with Gasteiger partial charge < -0.3 is 4.74 Å². The van der Waals surface area contributed by atoms with Crippen molar-refractivity contribution in [3.05, 3.63) is 0 Å². The molecule has 0 saturated heterocycles. The van der Waals surface area contributed by atoms with Crippen LogP contribution in [0.25, 0.3) is 0 Å². The molecule has 0 heterocycles. The van der Waals surface area contributed by atoms with Crippen molar-refractivity contribution in [3.63, 3.8) is 0 Å². The molecule has 3 heteroatoms. The van der Waals surface area contributed by atoms with Crippen LogP contribution in [0.5, 0.6) is 0 Å². The van der Waals surface area contributed by atoms with Crippen molar-refractivity contribution in [1.29, 1.82) is 0 Å². The highest BCUT2D eigenvalue weighted by atomic mass is 16.5. The summed E-state index contributed by atoms with van der Waals surface area (Å²) in [4.78, 5) is 0. The predicted octanol–water partition coefficient (Wildman–Crippen LogP) is 1.04. The van der Waals surface area contributed by atoms with E-state index in [-0.39, 0.29) is 0 Å². The average Bonchev–Trinajstić information content (AvgIpc) is 1.99. The van der Waals surface area contributed by atoms with Gasteiger partial charge >= 0.3 is 0 Å². The van der Waals surface area contributed by atoms with Gasteiger partial charge in [-0.3, -0.25) is 11.3 Å². The first kappa shape index (κ1) is 9.96. The van der Waals surface area contributed by atoms with Crippen molar-refractivity contribution in [1.82, 2.24) is 5.43 Å². The van der Waals surface area contributed by atoms with Crippen molar-refractivity contribution in [2.45, 2.75) is 38.6 Å². The van der Waals surface area contributed by atoms with Gasteiger partial charge in [-0.15, -0.1) is 0 Å². The maximum absolute atomic E-state index is 5.46. The first-order chi connectivity index (χ1) is 5.88. The van der Waals surface area contributed by atoms with Crippen LogP contribution < -0.4 is 11.3 Å². The van der Waals surface area contributed by atoms with Crippen LogP contribution in [-0.4, -0.2) is 19.3 Å². The highest BCUT2D eigenvalue weighted by Gasteiger charge is 2.25. The van der Waals surface area contributed by atoms with E-state index in [4.69, 9.17) is 10.6 Å². The van der Waals surface area contributed by atoms with E-state index in [1.807, 2.05) is 6.92 Å². The van der Waals surface area contributed by atoms with Gasteiger partial charge in [0.25, 0.3) is 0 Å². The maximum Gasteiger partial charge on any atom is 0.0481 e. The van der Waals surface area contributed by atoms with Crippen LogP contribution in [0.3, 0.4) is 0 Å². The van der Waals surface area contributed by atoms with Gasteiger partial charge in [-0.05, 0) is 32.1 Å². The Morgan fingerprint density at radius 2 is 2.33 bits per heavy atom. The van der Waals surface area contributed by atoms with Crippen LogP contribution in [-0.2, 0) is 4.74 Å². The Labute approximate surface area is 74.6 Å². The van der Waals surface area contributed by atoms with Crippen molar-refractivity contribution in [2.75, 3.05) is 13.2 Å². The Bertz CT molecular complexity index is 115. The highest BCUT2D eigenvalue weighted by molar-refractivity contribution is 4.80. The molecule has 0 aromatic heterocycles. The zero-order valence-corrected chi connectivity index (χ0v) is 7.88. The number of hydrogen-bond donors (Lipinski definition) is 2. The fourth-order valence-corrected chi connectivity index (χ4v) is 1.65. The predicted molar refractivity (Wildman–Crippen MR) is 49.6 cm³/mol. The summed E-state index contributed by atoms with van der Waals surface area (Å²) in [5.74, 6) is 6.26. The molecule has 0 aliphatic heterocycles. The minimum absolute atomic E-state index is 0.477. The lowest BCUT2D eigenvalue weighted by atomic mass is 9.79. The SMILES string of the molecule is CCOCCC(NN)C1CCC1. The van der Waals surface area contributed by atoms with E-state index in [2.05, 4.69) is 5.43 Å². The summed E-state index contributed by atoms with van der Waals surface area (Å²) in [7, 11) is 0. The molecule has 0 aromatic rings. The number of hydrazine groups is 1. The summed E-state index contributed by atoms with van der Waals surface area (Å²) >= 11 is 0. The van der Waals surface area contributed by atoms with Gasteiger partial charge in [-0.25, -0.2) is 0 Å². The fourth-order valence-electron chi connectivity index (χ4n) is 1.65. The van der Waals surface area contributed by atoms with Crippen LogP contribution in [0.4, 0.5) is 0 Å². The lowest BCUT2D eigenvalue weighted by Gasteiger charge is -2.33. The molecular weight excluding hydrogens is 152 g/mol. The van der Waals surface area contributed by atoms with Crippen LogP contribution >= 0.6 is 0 Å². The molecule has 1 unspecified atom stereocenters. The molecule has 1 atom stereocenters. The molecular formula is C9H20N2O. The summed E-state index contributed by atoms with van der Waals surface area (Å²) < 4.78 is 5.29. The molecule has 1 rings (SSSR count). The molecule has 1 aliphatic carbocycles. The molecule has 0 radical (unpaired) electrons. The number of ether oxygens (including phenoxy) is 1. The van der Waals surface area contributed by atoms with Crippen molar-refractivity contribution >= 4 is 0 Å². The zero-order chi connectivity index (χ0) is 8.81. The number of hydrogen-bond acceptors (Lipinski definition) is 3. The van der Waals surface area contributed by atoms with E-state index in [1.54, 1.807) is 0 Å². The molecule has 1 fully saturated rings. The van der Waals surface area contributed by atoms with Gasteiger partial charge in [0, 0.05) is 19.3 Å². The first-order valence-corrected chi connectivity index (χ1v) is 4.92.